The number of ketones is 1. The molecular formula is C17H18FN3O. The molecule has 0 bridgehead atoms. The molecule has 0 unspecified atom stereocenters. The van der Waals surface area contributed by atoms with Crippen molar-refractivity contribution in [2.75, 3.05) is 36.0 Å². The Labute approximate surface area is 129 Å². The van der Waals surface area contributed by atoms with Gasteiger partial charge in [0.2, 0.25) is 0 Å². The number of aromatic nitrogens is 1. The number of rotatable bonds is 3. The van der Waals surface area contributed by atoms with Gasteiger partial charge in [-0.25, -0.2) is 9.37 Å². The summed E-state index contributed by atoms with van der Waals surface area (Å²) in [6.45, 7) is 4.46. The van der Waals surface area contributed by atoms with E-state index in [1.54, 1.807) is 12.3 Å². The van der Waals surface area contributed by atoms with E-state index in [0.717, 1.165) is 18.9 Å². The van der Waals surface area contributed by atoms with E-state index in [-0.39, 0.29) is 11.6 Å². The zero-order chi connectivity index (χ0) is 15.5. The van der Waals surface area contributed by atoms with E-state index < -0.39 is 0 Å². The van der Waals surface area contributed by atoms with Crippen LogP contribution in [0.25, 0.3) is 0 Å². The summed E-state index contributed by atoms with van der Waals surface area (Å²) in [5, 5.41) is 0. The minimum absolute atomic E-state index is 0.0478. The Morgan fingerprint density at radius 1 is 1.09 bits per heavy atom. The number of halogens is 1. The van der Waals surface area contributed by atoms with E-state index in [2.05, 4.69) is 9.88 Å². The van der Waals surface area contributed by atoms with E-state index in [0.29, 0.717) is 24.3 Å². The highest BCUT2D eigenvalue weighted by atomic mass is 19.1. The molecule has 0 atom stereocenters. The van der Waals surface area contributed by atoms with Crippen molar-refractivity contribution in [2.45, 2.75) is 6.92 Å². The summed E-state index contributed by atoms with van der Waals surface area (Å²) in [6, 6.07) is 10.4. The predicted molar refractivity (Wildman–Crippen MR) is 85.1 cm³/mol. The molecule has 1 aromatic carbocycles. The molecule has 0 saturated carbocycles. The van der Waals surface area contributed by atoms with Gasteiger partial charge in [0, 0.05) is 37.9 Å². The van der Waals surface area contributed by atoms with Crippen molar-refractivity contribution < 1.29 is 9.18 Å². The monoisotopic (exact) mass is 299 g/mol. The molecule has 4 nitrogen and oxygen atoms in total. The lowest BCUT2D eigenvalue weighted by Crippen LogP contribution is -2.47. The fraction of sp³-hybridized carbons (Fsp3) is 0.294. The Morgan fingerprint density at radius 2 is 1.82 bits per heavy atom. The first-order valence-electron chi connectivity index (χ1n) is 7.36. The number of carbonyl (C=O) groups excluding carboxylic acids is 1. The molecule has 1 saturated heterocycles. The molecule has 5 heteroatoms. The molecule has 1 fully saturated rings. The Balaban J connectivity index is 1.74. The highest BCUT2D eigenvalue weighted by molar-refractivity contribution is 5.95. The summed E-state index contributed by atoms with van der Waals surface area (Å²) in [7, 11) is 0. The van der Waals surface area contributed by atoms with Crippen molar-refractivity contribution in [3.8, 4) is 0 Å². The van der Waals surface area contributed by atoms with Crippen LogP contribution in [0.5, 0.6) is 0 Å². The molecule has 0 radical (unpaired) electrons. The third-order valence-electron chi connectivity index (χ3n) is 3.95. The number of carbonyl (C=O) groups is 1. The van der Waals surface area contributed by atoms with E-state index >= 15 is 0 Å². The van der Waals surface area contributed by atoms with Crippen LogP contribution in [0.3, 0.4) is 0 Å². The highest BCUT2D eigenvalue weighted by Crippen LogP contribution is 2.23. The van der Waals surface area contributed by atoms with Crippen molar-refractivity contribution >= 4 is 17.3 Å². The van der Waals surface area contributed by atoms with Crippen LogP contribution in [0.1, 0.15) is 17.3 Å². The number of pyridine rings is 1. The van der Waals surface area contributed by atoms with E-state index in [4.69, 9.17) is 0 Å². The maximum atomic E-state index is 14.1. The van der Waals surface area contributed by atoms with Gasteiger partial charge in [-0.2, -0.15) is 0 Å². The first-order chi connectivity index (χ1) is 10.6. The number of hydrogen-bond donors (Lipinski definition) is 0. The molecule has 22 heavy (non-hydrogen) atoms. The van der Waals surface area contributed by atoms with Crippen molar-refractivity contribution in [2.24, 2.45) is 0 Å². The molecule has 3 rings (SSSR count). The molecule has 2 heterocycles. The topological polar surface area (TPSA) is 36.4 Å². The molecule has 1 aromatic heterocycles. The number of Topliss-reactive ketones (excluding diaryl/α,β-unsaturated/α-hetero) is 1. The second kappa shape index (κ2) is 6.13. The molecule has 1 aliphatic rings. The van der Waals surface area contributed by atoms with Crippen LogP contribution >= 0.6 is 0 Å². The minimum Gasteiger partial charge on any atom is -0.366 e. The molecule has 0 amide bonds. The zero-order valence-corrected chi connectivity index (χ0v) is 12.5. The lowest BCUT2D eigenvalue weighted by atomic mass is 10.1. The second-order valence-corrected chi connectivity index (χ2v) is 5.38. The third-order valence-corrected chi connectivity index (χ3v) is 3.95. The van der Waals surface area contributed by atoms with Gasteiger partial charge in [-0.3, -0.25) is 4.79 Å². The van der Waals surface area contributed by atoms with Gasteiger partial charge in [-0.1, -0.05) is 6.07 Å². The fourth-order valence-electron chi connectivity index (χ4n) is 2.69. The SMILES string of the molecule is CC(=O)c1ccc(F)c(N2CCN(c3ccccn3)CC2)c1. The molecule has 114 valence electrons. The predicted octanol–water partition coefficient (Wildman–Crippen LogP) is 2.75. The van der Waals surface area contributed by atoms with Crippen LogP contribution in [-0.4, -0.2) is 36.9 Å². The summed E-state index contributed by atoms with van der Waals surface area (Å²) in [5.74, 6) is 0.616. The third kappa shape index (κ3) is 2.93. The number of nitrogens with zero attached hydrogens (tertiary/aromatic N) is 3. The van der Waals surface area contributed by atoms with Crippen LogP contribution in [0.2, 0.25) is 0 Å². The molecule has 1 aliphatic heterocycles. The quantitative estimate of drug-likeness (QED) is 0.817. The molecular weight excluding hydrogens is 281 g/mol. The Hall–Kier alpha value is -2.43. The fourth-order valence-corrected chi connectivity index (χ4v) is 2.69. The lowest BCUT2D eigenvalue weighted by Gasteiger charge is -2.36. The van der Waals surface area contributed by atoms with Crippen LogP contribution in [0.15, 0.2) is 42.6 Å². The Morgan fingerprint density at radius 3 is 2.45 bits per heavy atom. The minimum atomic E-state index is -0.281. The number of benzene rings is 1. The average molecular weight is 299 g/mol. The van der Waals surface area contributed by atoms with E-state index in [1.165, 1.54) is 19.1 Å². The summed E-state index contributed by atoms with van der Waals surface area (Å²) in [6.07, 6.45) is 1.78. The van der Waals surface area contributed by atoms with Gasteiger partial charge in [0.05, 0.1) is 5.69 Å². The maximum Gasteiger partial charge on any atom is 0.159 e. The van der Waals surface area contributed by atoms with Crippen molar-refractivity contribution in [1.29, 1.82) is 0 Å². The van der Waals surface area contributed by atoms with Gasteiger partial charge < -0.3 is 9.80 Å². The Kier molecular flexibility index (Phi) is 4.04. The smallest absolute Gasteiger partial charge is 0.159 e. The van der Waals surface area contributed by atoms with Gasteiger partial charge in [-0.05, 0) is 37.3 Å². The van der Waals surface area contributed by atoms with Crippen molar-refractivity contribution in [1.82, 2.24) is 4.98 Å². The van der Waals surface area contributed by atoms with Crippen molar-refractivity contribution in [3.63, 3.8) is 0 Å². The summed E-state index contributed by atoms with van der Waals surface area (Å²) in [4.78, 5) is 20.0. The molecule has 0 N–H and O–H groups in total. The van der Waals surface area contributed by atoms with Crippen LogP contribution in [0.4, 0.5) is 15.9 Å². The zero-order valence-electron chi connectivity index (χ0n) is 12.5. The largest absolute Gasteiger partial charge is 0.366 e. The Bertz CT molecular complexity index is 667. The van der Waals surface area contributed by atoms with Crippen LogP contribution in [-0.2, 0) is 0 Å². The lowest BCUT2D eigenvalue weighted by molar-refractivity contribution is 0.101. The molecule has 0 aliphatic carbocycles. The normalized spacial score (nSPS) is 15.0. The van der Waals surface area contributed by atoms with E-state index in [1.807, 2.05) is 23.1 Å². The first kappa shape index (κ1) is 14.5. The van der Waals surface area contributed by atoms with Crippen molar-refractivity contribution in [3.05, 3.63) is 54.0 Å². The first-order valence-corrected chi connectivity index (χ1v) is 7.36. The van der Waals surface area contributed by atoms with Gasteiger partial charge in [0.25, 0.3) is 0 Å². The summed E-state index contributed by atoms with van der Waals surface area (Å²) in [5.41, 5.74) is 1.05. The van der Waals surface area contributed by atoms with Crippen LogP contribution in [0, 0.1) is 5.82 Å². The van der Waals surface area contributed by atoms with Gasteiger partial charge in [0.15, 0.2) is 5.78 Å². The number of hydrogen-bond acceptors (Lipinski definition) is 4. The second-order valence-electron chi connectivity index (χ2n) is 5.38. The maximum absolute atomic E-state index is 14.1. The molecule has 0 spiro atoms. The summed E-state index contributed by atoms with van der Waals surface area (Å²) >= 11 is 0. The van der Waals surface area contributed by atoms with Gasteiger partial charge >= 0.3 is 0 Å². The van der Waals surface area contributed by atoms with Gasteiger partial charge in [0.1, 0.15) is 11.6 Å². The van der Waals surface area contributed by atoms with E-state index in [9.17, 15) is 9.18 Å². The molecule has 2 aromatic rings. The van der Waals surface area contributed by atoms with Crippen LogP contribution < -0.4 is 9.80 Å². The highest BCUT2D eigenvalue weighted by Gasteiger charge is 2.20. The summed E-state index contributed by atoms with van der Waals surface area (Å²) < 4.78 is 14.1. The van der Waals surface area contributed by atoms with Gasteiger partial charge in [-0.15, -0.1) is 0 Å². The number of piperazine rings is 1. The average Bonchev–Trinajstić information content (AvgIpc) is 2.56. The standard InChI is InChI=1S/C17H18FN3O/c1-13(22)14-5-6-15(18)16(12-14)20-8-10-21(11-9-20)17-4-2-3-7-19-17/h2-7,12H,8-11H2,1H3. The number of anilines is 2.